The van der Waals surface area contributed by atoms with Gasteiger partial charge in [-0.3, -0.25) is 14.6 Å². The number of nitrogens with zero attached hydrogens (tertiary/aromatic N) is 4. The fraction of sp³-hybridized carbons (Fsp3) is 0.419. The van der Waals surface area contributed by atoms with Crippen molar-refractivity contribution in [2.75, 3.05) is 77.0 Å². The predicted molar refractivity (Wildman–Crippen MR) is 221 cm³/mol. The summed E-state index contributed by atoms with van der Waals surface area (Å²) < 4.78 is 6.96. The number of ether oxygens (including phenoxy) is 1. The van der Waals surface area contributed by atoms with E-state index in [1.165, 1.54) is 0 Å². The lowest BCUT2D eigenvalue weighted by atomic mass is 9.74. The summed E-state index contributed by atoms with van der Waals surface area (Å²) >= 11 is 3.98. The molecule has 1 amide bonds. The van der Waals surface area contributed by atoms with Gasteiger partial charge in [0.25, 0.3) is 5.91 Å². The molecule has 2 aliphatic rings. The summed E-state index contributed by atoms with van der Waals surface area (Å²) in [6, 6.07) is 30.0. The Hall–Kier alpha value is -3.59. The van der Waals surface area contributed by atoms with E-state index in [0.717, 1.165) is 125 Å². The maximum atomic E-state index is 15.1. The maximum Gasteiger partial charge on any atom is 0.260 e. The average Bonchev–Trinajstić information content (AvgIpc) is 3.41. The first-order valence-corrected chi connectivity index (χ1v) is 21.1. The van der Waals surface area contributed by atoms with E-state index in [9.17, 15) is 0 Å². The topological polar surface area (TPSA) is 39.3 Å². The fourth-order valence-corrected chi connectivity index (χ4v) is 9.22. The van der Waals surface area contributed by atoms with Crippen LogP contribution in [0.1, 0.15) is 74.2 Å². The number of hydrogen-bond donors (Lipinski definition) is 0. The van der Waals surface area contributed by atoms with Gasteiger partial charge in [-0.25, -0.2) is 0 Å². The molecule has 2 heterocycles. The molecule has 6 rings (SSSR count). The lowest BCUT2D eigenvalue weighted by molar-refractivity contribution is 0.0985. The van der Waals surface area contributed by atoms with Crippen molar-refractivity contribution < 1.29 is 9.53 Å². The van der Waals surface area contributed by atoms with Gasteiger partial charge in [0.05, 0.1) is 5.69 Å². The number of para-hydroxylation sites is 1. The molecular formula is C43H54N4O2S2. The molecule has 8 heteroatoms. The van der Waals surface area contributed by atoms with Crippen molar-refractivity contribution in [2.24, 2.45) is 0 Å². The highest BCUT2D eigenvalue weighted by Gasteiger charge is 2.57. The highest BCUT2D eigenvalue weighted by Crippen LogP contribution is 2.59. The SMILES string of the molecule is CCSCCN(CCSCC)Cc1ccccc1N1C(=O)c2ccccc2C12c1ccc(N(CC)CC)cc1Oc1cc(N(CC)CC)ccc12. The first kappa shape index (κ1) is 37.2. The molecule has 0 unspecified atom stereocenters. The van der Waals surface area contributed by atoms with Gasteiger partial charge in [-0.1, -0.05) is 62.4 Å². The van der Waals surface area contributed by atoms with E-state index in [4.69, 9.17) is 4.74 Å². The third-order valence-electron chi connectivity index (χ3n) is 10.4. The largest absolute Gasteiger partial charge is 0.456 e. The molecular weight excluding hydrogens is 669 g/mol. The van der Waals surface area contributed by atoms with E-state index in [1.807, 2.05) is 35.7 Å². The number of rotatable bonds is 17. The van der Waals surface area contributed by atoms with Crippen LogP contribution in [-0.4, -0.2) is 73.1 Å². The Morgan fingerprint density at radius 3 is 1.73 bits per heavy atom. The van der Waals surface area contributed by atoms with Crippen LogP contribution in [0.3, 0.4) is 0 Å². The van der Waals surface area contributed by atoms with Crippen molar-refractivity contribution in [1.82, 2.24) is 4.90 Å². The zero-order valence-electron chi connectivity index (χ0n) is 31.3. The minimum Gasteiger partial charge on any atom is -0.456 e. The van der Waals surface area contributed by atoms with Crippen LogP contribution in [0.2, 0.25) is 0 Å². The lowest BCUT2D eigenvalue weighted by Crippen LogP contribution is -2.48. The zero-order chi connectivity index (χ0) is 36.0. The van der Waals surface area contributed by atoms with Crippen LogP contribution in [0, 0.1) is 0 Å². The van der Waals surface area contributed by atoms with Crippen molar-refractivity contribution in [3.8, 4) is 11.5 Å². The number of anilines is 3. The van der Waals surface area contributed by atoms with Gasteiger partial charge in [0.15, 0.2) is 0 Å². The normalized spacial score (nSPS) is 14.0. The molecule has 2 aliphatic heterocycles. The van der Waals surface area contributed by atoms with Crippen LogP contribution in [0.5, 0.6) is 11.5 Å². The van der Waals surface area contributed by atoms with Gasteiger partial charge in [-0.15, -0.1) is 0 Å². The molecule has 0 N–H and O–H groups in total. The molecule has 270 valence electrons. The number of amides is 1. The van der Waals surface area contributed by atoms with Crippen LogP contribution in [0.25, 0.3) is 0 Å². The smallest absolute Gasteiger partial charge is 0.260 e. The van der Waals surface area contributed by atoms with E-state index >= 15 is 4.79 Å². The van der Waals surface area contributed by atoms with Gasteiger partial charge in [-0.2, -0.15) is 23.5 Å². The number of carbonyl (C=O) groups is 1. The molecule has 0 saturated heterocycles. The van der Waals surface area contributed by atoms with Gasteiger partial charge in [0, 0.05) is 103 Å². The van der Waals surface area contributed by atoms with Crippen molar-refractivity contribution in [2.45, 2.75) is 53.6 Å². The summed E-state index contributed by atoms with van der Waals surface area (Å²) in [6.45, 7) is 19.6. The van der Waals surface area contributed by atoms with Gasteiger partial charge in [-0.05, 0) is 69.0 Å². The summed E-state index contributed by atoms with van der Waals surface area (Å²) in [6.07, 6.45) is 0. The number of benzene rings is 4. The van der Waals surface area contributed by atoms with E-state index in [2.05, 4.69) is 134 Å². The molecule has 1 spiro atoms. The zero-order valence-corrected chi connectivity index (χ0v) is 32.9. The van der Waals surface area contributed by atoms with E-state index < -0.39 is 5.54 Å². The molecule has 0 fully saturated rings. The molecule has 0 saturated carbocycles. The standard InChI is InChI=1S/C43H54N4O2S2/c1-7-45(8-2)33-21-23-37-40(29-33)49-41-30-34(46(9-3)10-4)22-24-38(41)43(37)36-19-15-14-18-35(36)42(48)47(43)39-20-16-13-17-32(39)31-44(25-27-50-11-5)26-28-51-12-6/h13-24,29-30H,7-12,25-28,31H2,1-6H3. The third-order valence-corrected chi connectivity index (χ3v) is 12.2. The number of hydrogen-bond acceptors (Lipinski definition) is 7. The molecule has 6 nitrogen and oxygen atoms in total. The van der Waals surface area contributed by atoms with Crippen LogP contribution >= 0.6 is 23.5 Å². The minimum absolute atomic E-state index is 0.0205. The van der Waals surface area contributed by atoms with Crippen molar-refractivity contribution in [3.63, 3.8) is 0 Å². The van der Waals surface area contributed by atoms with E-state index in [1.54, 1.807) is 0 Å². The molecule has 0 radical (unpaired) electrons. The molecule has 0 aliphatic carbocycles. The van der Waals surface area contributed by atoms with Crippen molar-refractivity contribution in [1.29, 1.82) is 0 Å². The predicted octanol–water partition coefficient (Wildman–Crippen LogP) is 9.75. The second-order valence-corrected chi connectivity index (χ2v) is 15.8. The summed E-state index contributed by atoms with van der Waals surface area (Å²) in [5.41, 5.74) is 7.15. The van der Waals surface area contributed by atoms with Gasteiger partial charge >= 0.3 is 0 Å². The Kier molecular flexibility index (Phi) is 12.3. The summed E-state index contributed by atoms with van der Waals surface area (Å²) in [5, 5.41) is 0. The van der Waals surface area contributed by atoms with Crippen LogP contribution in [0.15, 0.2) is 84.9 Å². The molecule has 51 heavy (non-hydrogen) atoms. The maximum absolute atomic E-state index is 15.1. The number of carbonyl (C=O) groups excluding carboxylic acids is 1. The molecule has 0 atom stereocenters. The fourth-order valence-electron chi connectivity index (χ4n) is 7.87. The van der Waals surface area contributed by atoms with Crippen LogP contribution < -0.4 is 19.4 Å². The quantitative estimate of drug-likeness (QED) is 0.101. The monoisotopic (exact) mass is 722 g/mol. The summed E-state index contributed by atoms with van der Waals surface area (Å²) in [4.78, 5) is 24.5. The van der Waals surface area contributed by atoms with E-state index in [0.29, 0.717) is 0 Å². The minimum atomic E-state index is -0.919. The Morgan fingerprint density at radius 1 is 0.647 bits per heavy atom. The van der Waals surface area contributed by atoms with E-state index in [-0.39, 0.29) is 5.91 Å². The van der Waals surface area contributed by atoms with Crippen LogP contribution in [0.4, 0.5) is 17.1 Å². The van der Waals surface area contributed by atoms with Crippen LogP contribution in [-0.2, 0) is 12.1 Å². The van der Waals surface area contributed by atoms with Gasteiger partial charge in [0.2, 0.25) is 0 Å². The average molecular weight is 723 g/mol. The first-order valence-electron chi connectivity index (χ1n) is 18.8. The number of fused-ring (bicyclic) bond motifs is 6. The third kappa shape index (κ3) is 6.99. The lowest BCUT2D eigenvalue weighted by Gasteiger charge is -2.45. The van der Waals surface area contributed by atoms with Gasteiger partial charge < -0.3 is 14.5 Å². The second kappa shape index (κ2) is 16.8. The molecule has 0 aromatic heterocycles. The highest BCUT2D eigenvalue weighted by atomic mass is 32.2. The van der Waals surface area contributed by atoms with Gasteiger partial charge in [0.1, 0.15) is 17.0 Å². The first-order chi connectivity index (χ1) is 25.0. The highest BCUT2D eigenvalue weighted by molar-refractivity contribution is 7.99. The molecule has 4 aromatic rings. The molecule has 4 aromatic carbocycles. The Morgan fingerprint density at radius 2 is 1.18 bits per heavy atom. The Bertz CT molecular complexity index is 1730. The summed E-state index contributed by atoms with van der Waals surface area (Å²) in [5.74, 6) is 6.03. The van der Waals surface area contributed by atoms with Crippen molar-refractivity contribution in [3.05, 3.63) is 113 Å². The van der Waals surface area contributed by atoms with Crippen molar-refractivity contribution >= 4 is 46.5 Å². The Labute approximate surface area is 314 Å². The number of thioether (sulfide) groups is 2. The Balaban J connectivity index is 1.59. The second-order valence-electron chi connectivity index (χ2n) is 13.0. The summed E-state index contributed by atoms with van der Waals surface area (Å²) in [7, 11) is 0. The molecule has 0 bridgehead atoms.